The van der Waals surface area contributed by atoms with Crippen LogP contribution in [0.3, 0.4) is 0 Å². The first-order valence-corrected chi connectivity index (χ1v) is 12.7. The molecule has 10 heteroatoms. The van der Waals surface area contributed by atoms with Crippen molar-refractivity contribution in [2.45, 2.75) is 60.5 Å². The maximum absolute atomic E-state index is 12.6. The van der Waals surface area contributed by atoms with Crippen molar-refractivity contribution in [3.05, 3.63) is 0 Å². The van der Waals surface area contributed by atoms with E-state index in [9.17, 15) is 19.2 Å². The molecule has 202 valence electrons. The number of rotatable bonds is 11. The quantitative estimate of drug-likeness (QED) is 0.432. The second-order valence-corrected chi connectivity index (χ2v) is 10.6. The Hall–Kier alpha value is -2.36. The van der Waals surface area contributed by atoms with Crippen molar-refractivity contribution in [2.24, 2.45) is 5.92 Å². The number of hydrogen-bond acceptors (Lipinski definition) is 6. The Kier molecular flexibility index (Phi) is 12.5. The summed E-state index contributed by atoms with van der Waals surface area (Å²) in [4.78, 5) is 57.8. The first-order valence-electron chi connectivity index (χ1n) is 12.7. The molecule has 1 rings (SSSR count). The van der Waals surface area contributed by atoms with Gasteiger partial charge in [0.1, 0.15) is 5.60 Å². The lowest BCUT2D eigenvalue weighted by Gasteiger charge is -2.36. The van der Waals surface area contributed by atoms with Gasteiger partial charge in [-0.15, -0.1) is 0 Å². The molecule has 0 N–H and O–H groups in total. The van der Waals surface area contributed by atoms with E-state index in [0.717, 1.165) is 19.6 Å². The molecule has 1 aliphatic rings. The summed E-state index contributed by atoms with van der Waals surface area (Å²) in [6.07, 6.45) is 0.395. The topological polar surface area (TPSA) is 93.7 Å². The van der Waals surface area contributed by atoms with E-state index in [-0.39, 0.29) is 29.7 Å². The molecule has 10 nitrogen and oxygen atoms in total. The molecule has 0 saturated carbocycles. The first-order chi connectivity index (χ1) is 16.2. The molecule has 1 saturated heterocycles. The lowest BCUT2D eigenvalue weighted by atomic mass is 10.2. The van der Waals surface area contributed by atoms with Crippen LogP contribution in [0.5, 0.6) is 0 Å². The average molecular weight is 498 g/mol. The van der Waals surface area contributed by atoms with Crippen molar-refractivity contribution in [3.63, 3.8) is 0 Å². The second-order valence-electron chi connectivity index (χ2n) is 10.6. The molecule has 4 amide bonds. The largest absolute Gasteiger partial charge is 0.444 e. The van der Waals surface area contributed by atoms with Crippen LogP contribution in [-0.2, 0) is 19.1 Å². The van der Waals surface area contributed by atoms with Gasteiger partial charge in [-0.05, 0) is 27.2 Å². The highest BCUT2D eigenvalue weighted by Gasteiger charge is 2.26. The highest BCUT2D eigenvalue weighted by atomic mass is 16.6. The number of amides is 4. The zero-order valence-electron chi connectivity index (χ0n) is 23.1. The third-order valence-electron chi connectivity index (χ3n) is 6.06. The third kappa shape index (κ3) is 11.7. The Bertz CT molecular complexity index is 714. The number of hydrogen-bond donors (Lipinski definition) is 0. The number of carbonyl (C=O) groups excluding carboxylic acids is 4. The smallest absolute Gasteiger partial charge is 0.410 e. The molecule has 0 aromatic carbocycles. The minimum Gasteiger partial charge on any atom is -0.444 e. The fraction of sp³-hybridized carbons (Fsp3) is 0.840. The SMILES string of the molecule is CC(=O)N(C)CCN(CCCN(CCN1CCN(C(=O)OC(C)(C)C)CC1)C(C)=O)C(=O)C(C)C. The van der Waals surface area contributed by atoms with Gasteiger partial charge in [0.2, 0.25) is 17.7 Å². The predicted molar refractivity (Wildman–Crippen MR) is 136 cm³/mol. The summed E-state index contributed by atoms with van der Waals surface area (Å²) < 4.78 is 5.45. The van der Waals surface area contributed by atoms with E-state index in [1.54, 1.807) is 28.7 Å². The summed E-state index contributed by atoms with van der Waals surface area (Å²) >= 11 is 0. The molecule has 0 radical (unpaired) electrons. The van der Waals surface area contributed by atoms with Crippen molar-refractivity contribution >= 4 is 23.8 Å². The lowest BCUT2D eigenvalue weighted by molar-refractivity contribution is -0.136. The van der Waals surface area contributed by atoms with Gasteiger partial charge in [0, 0.05) is 92.3 Å². The van der Waals surface area contributed by atoms with Gasteiger partial charge in [0.25, 0.3) is 0 Å². The van der Waals surface area contributed by atoms with Gasteiger partial charge in [-0.3, -0.25) is 19.3 Å². The molecule has 0 bridgehead atoms. The zero-order chi connectivity index (χ0) is 26.8. The monoisotopic (exact) mass is 497 g/mol. The maximum Gasteiger partial charge on any atom is 0.410 e. The minimum atomic E-state index is -0.505. The summed E-state index contributed by atoms with van der Waals surface area (Å²) in [7, 11) is 1.73. The fourth-order valence-corrected chi connectivity index (χ4v) is 3.75. The van der Waals surface area contributed by atoms with Gasteiger partial charge in [-0.25, -0.2) is 4.79 Å². The van der Waals surface area contributed by atoms with E-state index >= 15 is 0 Å². The summed E-state index contributed by atoms with van der Waals surface area (Å²) in [5.41, 5.74) is -0.505. The summed E-state index contributed by atoms with van der Waals surface area (Å²) in [6, 6.07) is 0. The van der Waals surface area contributed by atoms with Crippen LogP contribution in [0.2, 0.25) is 0 Å². The second kappa shape index (κ2) is 14.3. The molecule has 35 heavy (non-hydrogen) atoms. The number of piperazine rings is 1. The molecule has 0 spiro atoms. The van der Waals surface area contributed by atoms with Gasteiger partial charge in [0.15, 0.2) is 0 Å². The molecule has 0 aliphatic carbocycles. The lowest BCUT2D eigenvalue weighted by Crippen LogP contribution is -2.51. The number of carbonyl (C=O) groups is 4. The Labute approximate surface area is 211 Å². The van der Waals surface area contributed by atoms with Crippen molar-refractivity contribution in [1.82, 2.24) is 24.5 Å². The Morgan fingerprint density at radius 2 is 1.40 bits per heavy atom. The van der Waals surface area contributed by atoms with E-state index in [0.29, 0.717) is 52.2 Å². The van der Waals surface area contributed by atoms with Crippen LogP contribution in [-0.4, -0.2) is 126 Å². The predicted octanol–water partition coefficient (Wildman–Crippen LogP) is 1.74. The van der Waals surface area contributed by atoms with Crippen LogP contribution in [0.25, 0.3) is 0 Å². The number of nitrogens with zero attached hydrogens (tertiary/aromatic N) is 5. The number of likely N-dealkylation sites (N-methyl/N-ethyl adjacent to an activating group) is 1. The van der Waals surface area contributed by atoms with Crippen molar-refractivity contribution < 1.29 is 23.9 Å². The van der Waals surface area contributed by atoms with Gasteiger partial charge in [-0.2, -0.15) is 0 Å². The molecule has 0 aromatic rings. The maximum atomic E-state index is 12.6. The van der Waals surface area contributed by atoms with E-state index in [1.165, 1.54) is 6.92 Å². The first kappa shape index (κ1) is 30.7. The standard InChI is InChI=1S/C25H47N5O5/c1-20(2)23(33)29(16-12-26(8)21(3)31)11-9-10-28(22(4)32)17-13-27-14-18-30(19-15-27)24(34)35-25(5,6)7/h20H,9-19H2,1-8H3. The molecule has 0 atom stereocenters. The minimum absolute atomic E-state index is 0.00967. The number of ether oxygens (including phenoxy) is 1. The summed E-state index contributed by atoms with van der Waals surface area (Å²) in [5, 5.41) is 0. The zero-order valence-corrected chi connectivity index (χ0v) is 23.1. The molecule has 1 aliphatic heterocycles. The Morgan fingerprint density at radius 3 is 1.89 bits per heavy atom. The average Bonchev–Trinajstić information content (AvgIpc) is 2.76. The van der Waals surface area contributed by atoms with Crippen LogP contribution >= 0.6 is 0 Å². The van der Waals surface area contributed by atoms with E-state index in [4.69, 9.17) is 4.74 Å². The summed E-state index contributed by atoms with van der Waals surface area (Å²) in [6.45, 7) is 18.5. The molecular weight excluding hydrogens is 450 g/mol. The molecule has 0 aromatic heterocycles. The van der Waals surface area contributed by atoms with Crippen LogP contribution in [0, 0.1) is 5.92 Å². The van der Waals surface area contributed by atoms with E-state index in [2.05, 4.69) is 4.90 Å². The fourth-order valence-electron chi connectivity index (χ4n) is 3.75. The highest BCUT2D eigenvalue weighted by Crippen LogP contribution is 2.12. The molecule has 1 heterocycles. The van der Waals surface area contributed by atoms with Gasteiger partial charge in [-0.1, -0.05) is 13.8 Å². The van der Waals surface area contributed by atoms with Gasteiger partial charge in [0.05, 0.1) is 0 Å². The van der Waals surface area contributed by atoms with Crippen LogP contribution in [0.4, 0.5) is 4.79 Å². The van der Waals surface area contributed by atoms with Crippen LogP contribution < -0.4 is 0 Å². The third-order valence-corrected chi connectivity index (χ3v) is 6.06. The molecule has 1 fully saturated rings. The van der Waals surface area contributed by atoms with Gasteiger partial charge < -0.3 is 24.3 Å². The molecular formula is C25H47N5O5. The van der Waals surface area contributed by atoms with Gasteiger partial charge >= 0.3 is 6.09 Å². The highest BCUT2D eigenvalue weighted by molar-refractivity contribution is 5.78. The van der Waals surface area contributed by atoms with Crippen molar-refractivity contribution in [1.29, 1.82) is 0 Å². The van der Waals surface area contributed by atoms with E-state index < -0.39 is 5.60 Å². The summed E-state index contributed by atoms with van der Waals surface area (Å²) in [5.74, 6) is -0.0906. The normalized spacial score (nSPS) is 14.6. The van der Waals surface area contributed by atoms with E-state index in [1.807, 2.05) is 39.5 Å². The van der Waals surface area contributed by atoms with Crippen molar-refractivity contribution in [3.8, 4) is 0 Å². The Balaban J connectivity index is 2.50. The van der Waals surface area contributed by atoms with Crippen LogP contribution in [0.1, 0.15) is 54.9 Å². The van der Waals surface area contributed by atoms with Crippen molar-refractivity contribution in [2.75, 3.05) is 72.5 Å². The Morgan fingerprint density at radius 1 is 0.829 bits per heavy atom. The molecule has 0 unspecified atom stereocenters. The van der Waals surface area contributed by atoms with Crippen LogP contribution in [0.15, 0.2) is 0 Å².